The van der Waals surface area contributed by atoms with E-state index >= 15 is 0 Å². The molecule has 21 heavy (non-hydrogen) atoms. The minimum atomic E-state index is -0.637. The maximum atomic E-state index is 10.1. The van der Waals surface area contributed by atoms with Gasteiger partial charge in [0.25, 0.3) is 0 Å². The number of nitrogens with two attached hydrogens (primary N) is 1. The molecule has 0 aliphatic rings. The predicted octanol–water partition coefficient (Wildman–Crippen LogP) is 2.91. The number of anilines is 1. The van der Waals surface area contributed by atoms with E-state index in [4.69, 9.17) is 10.5 Å². The fraction of sp³-hybridized carbons (Fsp3) is 0.562. The number of nitrogens with zero attached hydrogens (tertiary/aromatic N) is 2. The molecule has 0 amide bonds. The number of fused-ring (bicyclic) bond motifs is 1. The molecule has 116 valence electrons. The lowest BCUT2D eigenvalue weighted by atomic mass is 10.0. The smallest absolute Gasteiger partial charge is 0.138 e. The highest BCUT2D eigenvalue weighted by Crippen LogP contribution is 2.30. The lowest BCUT2D eigenvalue weighted by Gasteiger charge is -2.25. The van der Waals surface area contributed by atoms with Gasteiger partial charge in [0, 0.05) is 12.3 Å². The summed E-state index contributed by atoms with van der Waals surface area (Å²) < 4.78 is 7.73. The highest BCUT2D eigenvalue weighted by atomic mass is 16.5. The van der Waals surface area contributed by atoms with E-state index in [2.05, 4.69) is 23.4 Å². The lowest BCUT2D eigenvalue weighted by molar-refractivity contribution is 0.0916. The van der Waals surface area contributed by atoms with Crippen LogP contribution < -0.4 is 5.73 Å². The van der Waals surface area contributed by atoms with Crippen LogP contribution in [0.2, 0.25) is 0 Å². The van der Waals surface area contributed by atoms with Gasteiger partial charge in [0.15, 0.2) is 0 Å². The van der Waals surface area contributed by atoms with E-state index in [0.29, 0.717) is 30.6 Å². The third kappa shape index (κ3) is 3.19. The zero-order valence-corrected chi connectivity index (χ0v) is 13.2. The van der Waals surface area contributed by atoms with Gasteiger partial charge in [0.2, 0.25) is 0 Å². The van der Waals surface area contributed by atoms with E-state index in [0.717, 1.165) is 11.0 Å². The van der Waals surface area contributed by atoms with E-state index in [1.807, 2.05) is 25.1 Å². The summed E-state index contributed by atoms with van der Waals surface area (Å²) in [5, 5.41) is 10.1. The maximum absolute atomic E-state index is 10.1. The van der Waals surface area contributed by atoms with Crippen molar-refractivity contribution in [2.24, 2.45) is 5.92 Å². The summed E-state index contributed by atoms with van der Waals surface area (Å²) in [6.07, 6.45) is -0.637. The topological polar surface area (TPSA) is 73.3 Å². The monoisotopic (exact) mass is 291 g/mol. The molecule has 2 aromatic rings. The maximum Gasteiger partial charge on any atom is 0.138 e. The first kappa shape index (κ1) is 15.8. The van der Waals surface area contributed by atoms with Gasteiger partial charge < -0.3 is 20.1 Å². The van der Waals surface area contributed by atoms with Crippen LogP contribution >= 0.6 is 0 Å². The minimum absolute atomic E-state index is 0.128. The molecule has 1 heterocycles. The normalized spacial score (nSPS) is 14.8. The molecule has 5 nitrogen and oxygen atoms in total. The van der Waals surface area contributed by atoms with Crippen LogP contribution in [0.1, 0.15) is 45.7 Å². The quantitative estimate of drug-likeness (QED) is 0.803. The molecule has 0 radical (unpaired) electrons. The zero-order valence-electron chi connectivity index (χ0n) is 13.2. The zero-order chi connectivity index (χ0) is 15.6. The van der Waals surface area contributed by atoms with Crippen molar-refractivity contribution in [3.05, 3.63) is 24.0 Å². The number of aliphatic hydroxyl groups is 1. The van der Waals surface area contributed by atoms with Crippen molar-refractivity contribution in [1.29, 1.82) is 0 Å². The Hall–Kier alpha value is -1.59. The first-order valence-electron chi connectivity index (χ1n) is 7.48. The van der Waals surface area contributed by atoms with Gasteiger partial charge in [-0.3, -0.25) is 0 Å². The summed E-state index contributed by atoms with van der Waals surface area (Å²) in [5.41, 5.74) is 8.31. The van der Waals surface area contributed by atoms with Crippen LogP contribution in [0.4, 0.5) is 5.69 Å². The Bertz CT molecular complexity index is 605. The third-order valence-electron chi connectivity index (χ3n) is 3.71. The number of benzene rings is 1. The first-order chi connectivity index (χ1) is 9.95. The average Bonchev–Trinajstić information content (AvgIpc) is 2.77. The Kier molecular flexibility index (Phi) is 4.85. The number of aliphatic hydroxyl groups excluding tert-OH is 1. The molecular formula is C16H25N3O2. The van der Waals surface area contributed by atoms with Gasteiger partial charge in [0.05, 0.1) is 23.7 Å². The van der Waals surface area contributed by atoms with E-state index in [1.54, 1.807) is 6.92 Å². The van der Waals surface area contributed by atoms with Gasteiger partial charge in [-0.1, -0.05) is 13.8 Å². The minimum Gasteiger partial charge on any atom is -0.399 e. The molecule has 0 saturated heterocycles. The molecule has 5 heteroatoms. The molecule has 2 atom stereocenters. The highest BCUT2D eigenvalue weighted by Gasteiger charge is 2.24. The second-order valence-corrected chi connectivity index (χ2v) is 5.73. The van der Waals surface area contributed by atoms with Crippen molar-refractivity contribution in [3.63, 3.8) is 0 Å². The van der Waals surface area contributed by atoms with Crippen LogP contribution in [-0.2, 0) is 4.74 Å². The van der Waals surface area contributed by atoms with Crippen molar-refractivity contribution >= 4 is 16.7 Å². The summed E-state index contributed by atoms with van der Waals surface area (Å²) in [4.78, 5) is 4.56. The Morgan fingerprint density at radius 2 is 2.05 bits per heavy atom. The number of ether oxygens (including phenoxy) is 1. The van der Waals surface area contributed by atoms with Crippen molar-refractivity contribution in [1.82, 2.24) is 9.55 Å². The molecular weight excluding hydrogens is 266 g/mol. The summed E-state index contributed by atoms with van der Waals surface area (Å²) in [5.74, 6) is 1.03. The SMILES string of the molecule is CCOCC(C(C)C)n1c(C(C)O)nc2cc(N)ccc21. The Morgan fingerprint density at radius 3 is 2.62 bits per heavy atom. The molecule has 1 aromatic heterocycles. The first-order valence-corrected chi connectivity index (χ1v) is 7.48. The second-order valence-electron chi connectivity index (χ2n) is 5.73. The molecule has 0 fully saturated rings. The number of nitrogen functional groups attached to an aromatic ring is 1. The van der Waals surface area contributed by atoms with Gasteiger partial charge in [0.1, 0.15) is 11.9 Å². The van der Waals surface area contributed by atoms with Crippen LogP contribution in [0.25, 0.3) is 11.0 Å². The number of aromatic nitrogens is 2. The Balaban J connectivity index is 2.59. The predicted molar refractivity (Wildman–Crippen MR) is 85.1 cm³/mol. The largest absolute Gasteiger partial charge is 0.399 e. The molecule has 0 aliphatic heterocycles. The van der Waals surface area contributed by atoms with Gasteiger partial charge in [-0.15, -0.1) is 0 Å². The van der Waals surface area contributed by atoms with Crippen LogP contribution in [0.15, 0.2) is 18.2 Å². The summed E-state index contributed by atoms with van der Waals surface area (Å²) >= 11 is 0. The van der Waals surface area contributed by atoms with Crippen molar-refractivity contribution in [2.45, 2.75) is 39.8 Å². The van der Waals surface area contributed by atoms with E-state index in [-0.39, 0.29) is 6.04 Å². The van der Waals surface area contributed by atoms with Crippen LogP contribution in [-0.4, -0.2) is 27.9 Å². The van der Waals surface area contributed by atoms with Gasteiger partial charge >= 0.3 is 0 Å². The van der Waals surface area contributed by atoms with Crippen molar-refractivity contribution in [2.75, 3.05) is 18.9 Å². The molecule has 3 N–H and O–H groups in total. The fourth-order valence-corrected chi connectivity index (χ4v) is 2.58. The van der Waals surface area contributed by atoms with Crippen LogP contribution in [0.5, 0.6) is 0 Å². The van der Waals surface area contributed by atoms with Gasteiger partial charge in [-0.2, -0.15) is 0 Å². The fourth-order valence-electron chi connectivity index (χ4n) is 2.58. The second kappa shape index (κ2) is 6.45. The van der Waals surface area contributed by atoms with Crippen molar-refractivity contribution in [3.8, 4) is 0 Å². The number of hydrogen-bond donors (Lipinski definition) is 2. The highest BCUT2D eigenvalue weighted by molar-refractivity contribution is 5.80. The Morgan fingerprint density at radius 1 is 1.33 bits per heavy atom. The molecule has 0 spiro atoms. The molecule has 1 aromatic carbocycles. The van der Waals surface area contributed by atoms with E-state index < -0.39 is 6.10 Å². The number of imidazole rings is 1. The number of hydrogen-bond acceptors (Lipinski definition) is 4. The van der Waals surface area contributed by atoms with E-state index in [9.17, 15) is 5.11 Å². The molecule has 2 rings (SSSR count). The van der Waals surface area contributed by atoms with Gasteiger partial charge in [-0.05, 0) is 38.0 Å². The lowest BCUT2D eigenvalue weighted by Crippen LogP contribution is -2.23. The van der Waals surface area contributed by atoms with Crippen LogP contribution in [0, 0.1) is 5.92 Å². The molecule has 0 bridgehead atoms. The van der Waals surface area contributed by atoms with Crippen LogP contribution in [0.3, 0.4) is 0 Å². The molecule has 2 unspecified atom stereocenters. The third-order valence-corrected chi connectivity index (χ3v) is 3.71. The van der Waals surface area contributed by atoms with Gasteiger partial charge in [-0.25, -0.2) is 4.98 Å². The summed E-state index contributed by atoms with van der Waals surface area (Å²) in [6, 6.07) is 5.80. The average molecular weight is 291 g/mol. The Labute approximate surface area is 125 Å². The summed E-state index contributed by atoms with van der Waals surface area (Å²) in [6.45, 7) is 9.30. The summed E-state index contributed by atoms with van der Waals surface area (Å²) in [7, 11) is 0. The van der Waals surface area contributed by atoms with Crippen molar-refractivity contribution < 1.29 is 9.84 Å². The number of rotatable bonds is 6. The molecule has 0 aliphatic carbocycles. The van der Waals surface area contributed by atoms with E-state index in [1.165, 1.54) is 0 Å². The standard InChI is InChI=1S/C16H25N3O2/c1-5-21-9-15(10(2)3)19-14-7-6-12(17)8-13(14)18-16(19)11(4)20/h6-8,10-11,15,20H,5,9,17H2,1-4H3. The molecule has 0 saturated carbocycles.